The molecule has 0 spiro atoms. The Morgan fingerprint density at radius 2 is 2.17 bits per heavy atom. The van der Waals surface area contributed by atoms with Crippen LogP contribution >= 0.6 is 11.8 Å². The van der Waals surface area contributed by atoms with E-state index in [0.717, 1.165) is 19.4 Å². The minimum atomic E-state index is -0.888. The van der Waals surface area contributed by atoms with Crippen molar-refractivity contribution in [2.75, 3.05) is 13.2 Å². The first kappa shape index (κ1) is 17.8. The summed E-state index contributed by atoms with van der Waals surface area (Å²) in [5, 5.41) is 11.4. The number of nitrogens with one attached hydrogen (secondary N) is 1. The Balaban J connectivity index is 1.97. The van der Waals surface area contributed by atoms with Gasteiger partial charge in [-0.05, 0) is 44.7 Å². The topological polar surface area (TPSA) is 75.6 Å². The van der Waals surface area contributed by atoms with Gasteiger partial charge in [0.15, 0.2) is 0 Å². The molecule has 1 amide bonds. The van der Waals surface area contributed by atoms with E-state index in [9.17, 15) is 9.59 Å². The number of hydrogen-bond donors (Lipinski definition) is 2. The van der Waals surface area contributed by atoms with Crippen LogP contribution in [0.5, 0.6) is 0 Å². The Labute approximate surface area is 140 Å². The maximum Gasteiger partial charge on any atom is 0.316 e. The van der Waals surface area contributed by atoms with Crippen LogP contribution < -0.4 is 5.32 Å². The molecule has 126 valence electrons. The van der Waals surface area contributed by atoms with Crippen LogP contribution in [0.4, 0.5) is 0 Å². The summed E-state index contributed by atoms with van der Waals surface area (Å²) < 4.78 is 5.51. The van der Waals surface area contributed by atoms with E-state index in [-0.39, 0.29) is 12.0 Å². The number of carboxylic acid groups (broad SMARTS) is 1. The van der Waals surface area contributed by atoms with Gasteiger partial charge < -0.3 is 15.2 Å². The highest BCUT2D eigenvalue weighted by atomic mass is 32.2. The SMILES string of the molecule is CC1CC(CNC(=O)c2ccccc2SC(C)C(=O)O)CCO1. The normalized spacial score (nSPS) is 22.3. The smallest absolute Gasteiger partial charge is 0.316 e. The summed E-state index contributed by atoms with van der Waals surface area (Å²) in [6.07, 6.45) is 2.15. The quantitative estimate of drug-likeness (QED) is 0.781. The zero-order valence-corrected chi connectivity index (χ0v) is 14.3. The molecule has 0 aromatic heterocycles. The Bertz CT molecular complexity index is 563. The van der Waals surface area contributed by atoms with Gasteiger partial charge in [0.25, 0.3) is 5.91 Å². The summed E-state index contributed by atoms with van der Waals surface area (Å²) in [6, 6.07) is 7.13. The van der Waals surface area contributed by atoms with Gasteiger partial charge in [-0.25, -0.2) is 0 Å². The standard InChI is InChI=1S/C17H23NO4S/c1-11-9-13(7-8-22-11)10-18-16(19)14-5-3-4-6-15(14)23-12(2)17(20)21/h3-6,11-13H,7-10H2,1-2H3,(H,18,19)(H,20,21). The molecule has 2 N–H and O–H groups in total. The highest BCUT2D eigenvalue weighted by Crippen LogP contribution is 2.27. The summed E-state index contributed by atoms with van der Waals surface area (Å²) in [7, 11) is 0. The average molecular weight is 337 g/mol. The first-order valence-corrected chi connectivity index (χ1v) is 8.73. The number of ether oxygens (including phenoxy) is 1. The second-order valence-electron chi connectivity index (χ2n) is 5.88. The van der Waals surface area contributed by atoms with Crippen LogP contribution in [0.15, 0.2) is 29.2 Å². The van der Waals surface area contributed by atoms with Crippen molar-refractivity contribution in [1.82, 2.24) is 5.32 Å². The highest BCUT2D eigenvalue weighted by molar-refractivity contribution is 8.00. The van der Waals surface area contributed by atoms with Crippen molar-refractivity contribution in [2.45, 2.75) is 42.9 Å². The monoisotopic (exact) mass is 337 g/mol. The number of amides is 1. The molecular weight excluding hydrogens is 314 g/mol. The van der Waals surface area contributed by atoms with Gasteiger partial charge in [-0.1, -0.05) is 12.1 Å². The van der Waals surface area contributed by atoms with E-state index in [2.05, 4.69) is 5.32 Å². The lowest BCUT2D eigenvalue weighted by atomic mass is 9.96. The number of aliphatic carboxylic acids is 1. The van der Waals surface area contributed by atoms with Crippen molar-refractivity contribution in [3.63, 3.8) is 0 Å². The molecule has 1 saturated heterocycles. The van der Waals surface area contributed by atoms with Crippen molar-refractivity contribution in [1.29, 1.82) is 0 Å². The van der Waals surface area contributed by atoms with Gasteiger partial charge in [0.2, 0.25) is 0 Å². The first-order valence-electron chi connectivity index (χ1n) is 7.85. The van der Waals surface area contributed by atoms with Crippen LogP contribution in [0.1, 0.15) is 37.0 Å². The largest absolute Gasteiger partial charge is 0.480 e. The number of benzene rings is 1. The van der Waals surface area contributed by atoms with E-state index in [1.165, 1.54) is 11.8 Å². The van der Waals surface area contributed by atoms with Gasteiger partial charge in [0, 0.05) is 18.0 Å². The Morgan fingerprint density at radius 3 is 2.87 bits per heavy atom. The number of thioether (sulfide) groups is 1. The maximum atomic E-state index is 12.4. The average Bonchev–Trinajstić information content (AvgIpc) is 2.53. The number of hydrogen-bond acceptors (Lipinski definition) is 4. The van der Waals surface area contributed by atoms with Crippen molar-refractivity contribution < 1.29 is 19.4 Å². The predicted molar refractivity (Wildman–Crippen MR) is 89.9 cm³/mol. The van der Waals surface area contributed by atoms with E-state index in [1.807, 2.05) is 13.0 Å². The molecule has 0 saturated carbocycles. The fourth-order valence-electron chi connectivity index (χ4n) is 2.61. The van der Waals surface area contributed by atoms with E-state index >= 15 is 0 Å². The maximum absolute atomic E-state index is 12.4. The van der Waals surface area contributed by atoms with E-state index in [0.29, 0.717) is 22.9 Å². The second kappa shape index (κ2) is 8.36. The van der Waals surface area contributed by atoms with E-state index < -0.39 is 11.2 Å². The molecule has 2 rings (SSSR count). The van der Waals surface area contributed by atoms with Crippen molar-refractivity contribution in [3.05, 3.63) is 29.8 Å². The molecule has 1 aromatic rings. The van der Waals surface area contributed by atoms with Gasteiger partial charge >= 0.3 is 5.97 Å². The van der Waals surface area contributed by atoms with Crippen LogP contribution in [0, 0.1) is 5.92 Å². The van der Waals surface area contributed by atoms with Crippen molar-refractivity contribution in [2.24, 2.45) is 5.92 Å². The zero-order valence-electron chi connectivity index (χ0n) is 13.5. The fraction of sp³-hybridized carbons (Fsp3) is 0.529. The van der Waals surface area contributed by atoms with Crippen LogP contribution in [0.2, 0.25) is 0 Å². The molecule has 1 aliphatic heterocycles. The zero-order chi connectivity index (χ0) is 16.8. The van der Waals surface area contributed by atoms with Gasteiger partial charge in [0.1, 0.15) is 5.25 Å². The number of rotatable bonds is 6. The third kappa shape index (κ3) is 5.25. The molecule has 23 heavy (non-hydrogen) atoms. The van der Waals surface area contributed by atoms with Crippen LogP contribution in [-0.2, 0) is 9.53 Å². The Hall–Kier alpha value is -1.53. The summed E-state index contributed by atoms with van der Waals surface area (Å²) in [6.45, 7) is 5.03. The lowest BCUT2D eigenvalue weighted by Gasteiger charge is -2.27. The number of carbonyl (C=O) groups excluding carboxylic acids is 1. The van der Waals surface area contributed by atoms with Gasteiger partial charge in [0.05, 0.1) is 11.7 Å². The molecule has 1 aromatic carbocycles. The van der Waals surface area contributed by atoms with Gasteiger partial charge in [-0.15, -0.1) is 11.8 Å². The molecular formula is C17H23NO4S. The highest BCUT2D eigenvalue weighted by Gasteiger charge is 2.21. The van der Waals surface area contributed by atoms with Crippen molar-refractivity contribution in [3.8, 4) is 0 Å². The number of carbonyl (C=O) groups is 2. The van der Waals surface area contributed by atoms with Gasteiger partial charge in [-0.3, -0.25) is 9.59 Å². The molecule has 0 radical (unpaired) electrons. The van der Waals surface area contributed by atoms with Crippen LogP contribution in [-0.4, -0.2) is 41.5 Å². The molecule has 1 fully saturated rings. The molecule has 3 atom stereocenters. The van der Waals surface area contributed by atoms with Crippen LogP contribution in [0.25, 0.3) is 0 Å². The Morgan fingerprint density at radius 1 is 1.43 bits per heavy atom. The minimum absolute atomic E-state index is 0.148. The van der Waals surface area contributed by atoms with Gasteiger partial charge in [-0.2, -0.15) is 0 Å². The first-order chi connectivity index (χ1) is 11.0. The molecule has 1 aliphatic rings. The summed E-state index contributed by atoms with van der Waals surface area (Å²) in [5.41, 5.74) is 0.533. The minimum Gasteiger partial charge on any atom is -0.480 e. The second-order valence-corrected chi connectivity index (χ2v) is 7.26. The summed E-state index contributed by atoms with van der Waals surface area (Å²) >= 11 is 1.19. The molecule has 0 aliphatic carbocycles. The summed E-state index contributed by atoms with van der Waals surface area (Å²) in [5.74, 6) is -0.605. The molecule has 3 unspecified atom stereocenters. The number of carboxylic acids is 1. The van der Waals surface area contributed by atoms with E-state index in [4.69, 9.17) is 9.84 Å². The molecule has 1 heterocycles. The van der Waals surface area contributed by atoms with Crippen LogP contribution in [0.3, 0.4) is 0 Å². The summed E-state index contributed by atoms with van der Waals surface area (Å²) in [4.78, 5) is 24.1. The van der Waals surface area contributed by atoms with Crippen molar-refractivity contribution >= 4 is 23.6 Å². The fourth-order valence-corrected chi connectivity index (χ4v) is 3.53. The Kier molecular flexibility index (Phi) is 6.47. The third-order valence-electron chi connectivity index (χ3n) is 3.93. The predicted octanol–water partition coefficient (Wildman–Crippen LogP) is 2.80. The molecule has 0 bridgehead atoms. The van der Waals surface area contributed by atoms with E-state index in [1.54, 1.807) is 25.1 Å². The third-order valence-corrected chi connectivity index (χ3v) is 5.09. The lowest BCUT2D eigenvalue weighted by molar-refractivity contribution is -0.136. The molecule has 6 heteroatoms. The molecule has 5 nitrogen and oxygen atoms in total. The lowest BCUT2D eigenvalue weighted by Crippen LogP contribution is -2.34.